The molecule has 3 aromatic rings. The van der Waals surface area contributed by atoms with Crippen molar-refractivity contribution in [3.05, 3.63) is 82.9 Å². The number of carbonyl (C=O) groups is 3. The first kappa shape index (κ1) is 26.2. The average Bonchev–Trinajstić information content (AvgIpc) is 3.14. The van der Waals surface area contributed by atoms with E-state index in [0.29, 0.717) is 29.3 Å². The number of carbonyl (C=O) groups excluding carboxylic acids is 3. The van der Waals surface area contributed by atoms with Gasteiger partial charge in [-0.2, -0.15) is 0 Å². The van der Waals surface area contributed by atoms with Gasteiger partial charge in [0.1, 0.15) is 5.82 Å². The third-order valence-corrected chi connectivity index (χ3v) is 6.39. The lowest BCUT2D eigenvalue weighted by molar-refractivity contribution is -0.113. The Kier molecular flexibility index (Phi) is 9.22. The molecule has 0 atom stereocenters. The maximum Gasteiger partial charge on any atom is 0.339 e. The number of ketones is 1. The van der Waals surface area contributed by atoms with E-state index in [1.54, 1.807) is 37.4 Å². The molecule has 0 spiro atoms. The molecule has 0 unspecified atom stereocenters. The van der Waals surface area contributed by atoms with Crippen LogP contribution in [0, 0.1) is 19.7 Å². The largest absolute Gasteiger partial charge is 0.454 e. The van der Waals surface area contributed by atoms with E-state index in [2.05, 4.69) is 5.32 Å². The quantitative estimate of drug-likeness (QED) is 0.235. The number of thioether (sulfide) groups is 1. The van der Waals surface area contributed by atoms with Gasteiger partial charge in [0.05, 0.1) is 17.9 Å². The van der Waals surface area contributed by atoms with E-state index in [9.17, 15) is 18.8 Å². The summed E-state index contributed by atoms with van der Waals surface area (Å²) < 4.78 is 25.4. The topological polar surface area (TPSA) is 86.6 Å². The second-order valence-corrected chi connectivity index (χ2v) is 8.79. The second-order valence-electron chi connectivity index (χ2n) is 7.77. The van der Waals surface area contributed by atoms with E-state index >= 15 is 0 Å². The summed E-state index contributed by atoms with van der Waals surface area (Å²) in [6.07, 6.45) is 0. The molecule has 7 nitrogen and oxygen atoms in total. The van der Waals surface area contributed by atoms with Gasteiger partial charge in [0.25, 0.3) is 0 Å². The number of nitrogens with one attached hydrogen (secondary N) is 1. The minimum atomic E-state index is -0.645. The fraction of sp³-hybridized carbons (Fsp3) is 0.269. The minimum absolute atomic E-state index is 0.0358. The molecule has 1 amide bonds. The molecule has 0 saturated carbocycles. The highest BCUT2D eigenvalue weighted by atomic mass is 32.2. The Morgan fingerprint density at radius 2 is 1.74 bits per heavy atom. The molecule has 0 aliphatic rings. The summed E-state index contributed by atoms with van der Waals surface area (Å²) in [5, 5.41) is 2.67. The fourth-order valence-corrected chi connectivity index (χ4v) is 4.37. The molecular weight excluding hydrogens is 471 g/mol. The summed E-state index contributed by atoms with van der Waals surface area (Å²) in [4.78, 5) is 38.3. The SMILES string of the molecule is COCCn1c(C)cc(C(=O)COC(=O)c2ccccc2SCC(=O)Nc2ccc(F)cc2)c1C. The molecule has 0 fully saturated rings. The van der Waals surface area contributed by atoms with Crippen LogP contribution in [-0.2, 0) is 20.8 Å². The zero-order chi connectivity index (χ0) is 25.4. The number of aryl methyl sites for hydroxylation is 1. The maximum atomic E-state index is 13.0. The fourth-order valence-electron chi connectivity index (χ4n) is 3.53. The van der Waals surface area contributed by atoms with Crippen LogP contribution in [0.2, 0.25) is 0 Å². The van der Waals surface area contributed by atoms with Crippen molar-refractivity contribution in [1.29, 1.82) is 0 Å². The van der Waals surface area contributed by atoms with Crippen LogP contribution in [0.15, 0.2) is 59.5 Å². The van der Waals surface area contributed by atoms with Gasteiger partial charge in [0.15, 0.2) is 6.61 Å². The number of Topliss-reactive ketones (excluding diaryl/α,β-unsaturated/α-hetero) is 1. The van der Waals surface area contributed by atoms with Gasteiger partial charge in [0, 0.05) is 41.2 Å². The van der Waals surface area contributed by atoms with Crippen LogP contribution >= 0.6 is 11.8 Å². The van der Waals surface area contributed by atoms with Gasteiger partial charge in [-0.05, 0) is 56.3 Å². The molecule has 3 rings (SSSR count). The molecule has 35 heavy (non-hydrogen) atoms. The molecule has 0 radical (unpaired) electrons. The van der Waals surface area contributed by atoms with E-state index < -0.39 is 18.4 Å². The Morgan fingerprint density at radius 3 is 2.46 bits per heavy atom. The van der Waals surface area contributed by atoms with E-state index in [1.165, 1.54) is 24.3 Å². The van der Waals surface area contributed by atoms with Crippen molar-refractivity contribution in [2.75, 3.05) is 31.4 Å². The molecule has 2 aromatic carbocycles. The van der Waals surface area contributed by atoms with Crippen LogP contribution in [0.4, 0.5) is 10.1 Å². The molecule has 0 saturated heterocycles. The van der Waals surface area contributed by atoms with Gasteiger partial charge in [0.2, 0.25) is 11.7 Å². The molecule has 0 aliphatic carbocycles. The third kappa shape index (κ3) is 7.03. The van der Waals surface area contributed by atoms with E-state index in [1.807, 2.05) is 18.4 Å². The average molecular weight is 499 g/mol. The Morgan fingerprint density at radius 1 is 1.03 bits per heavy atom. The summed E-state index contributed by atoms with van der Waals surface area (Å²) >= 11 is 1.16. The minimum Gasteiger partial charge on any atom is -0.454 e. The molecule has 0 bridgehead atoms. The smallest absolute Gasteiger partial charge is 0.339 e. The molecule has 1 heterocycles. The lowest BCUT2D eigenvalue weighted by Gasteiger charge is -2.10. The number of halogens is 1. The van der Waals surface area contributed by atoms with Gasteiger partial charge < -0.3 is 19.4 Å². The predicted octanol–water partition coefficient (Wildman–Crippen LogP) is 4.66. The number of benzene rings is 2. The van der Waals surface area contributed by atoms with Crippen LogP contribution in [0.3, 0.4) is 0 Å². The van der Waals surface area contributed by atoms with Crippen LogP contribution < -0.4 is 5.32 Å². The highest BCUT2D eigenvalue weighted by molar-refractivity contribution is 8.00. The number of methoxy groups -OCH3 is 1. The number of hydrogen-bond donors (Lipinski definition) is 1. The van der Waals surface area contributed by atoms with Gasteiger partial charge in [-0.25, -0.2) is 9.18 Å². The van der Waals surface area contributed by atoms with Gasteiger partial charge >= 0.3 is 5.97 Å². The summed E-state index contributed by atoms with van der Waals surface area (Å²) in [5.74, 6) is -1.60. The van der Waals surface area contributed by atoms with E-state index in [4.69, 9.17) is 9.47 Å². The van der Waals surface area contributed by atoms with Crippen molar-refractivity contribution >= 4 is 35.1 Å². The number of anilines is 1. The number of aromatic nitrogens is 1. The van der Waals surface area contributed by atoms with Gasteiger partial charge in [-0.15, -0.1) is 11.8 Å². The number of amides is 1. The molecule has 0 aliphatic heterocycles. The van der Waals surface area contributed by atoms with Crippen molar-refractivity contribution in [2.45, 2.75) is 25.3 Å². The van der Waals surface area contributed by atoms with E-state index in [0.717, 1.165) is 23.1 Å². The number of hydrogen-bond acceptors (Lipinski definition) is 6. The monoisotopic (exact) mass is 498 g/mol. The van der Waals surface area contributed by atoms with Crippen molar-refractivity contribution in [3.63, 3.8) is 0 Å². The normalized spacial score (nSPS) is 10.7. The molecule has 184 valence electrons. The number of rotatable bonds is 11. The maximum absolute atomic E-state index is 13.0. The first-order valence-electron chi connectivity index (χ1n) is 10.9. The van der Waals surface area contributed by atoms with E-state index in [-0.39, 0.29) is 23.0 Å². The van der Waals surface area contributed by atoms with Crippen LogP contribution in [0.25, 0.3) is 0 Å². The van der Waals surface area contributed by atoms with Crippen LogP contribution in [-0.4, -0.2) is 48.3 Å². The number of ether oxygens (including phenoxy) is 2. The second kappa shape index (κ2) is 12.3. The van der Waals surface area contributed by atoms with Crippen LogP contribution in [0.5, 0.6) is 0 Å². The first-order chi connectivity index (χ1) is 16.8. The lowest BCUT2D eigenvalue weighted by atomic mass is 10.1. The Balaban J connectivity index is 1.59. The zero-order valence-electron chi connectivity index (χ0n) is 19.8. The van der Waals surface area contributed by atoms with Crippen molar-refractivity contribution in [1.82, 2.24) is 4.57 Å². The Labute approximate surface area is 207 Å². The highest BCUT2D eigenvalue weighted by Gasteiger charge is 2.19. The molecular formula is C26H27FN2O5S. The van der Waals surface area contributed by atoms with Crippen molar-refractivity contribution < 1.29 is 28.2 Å². The lowest BCUT2D eigenvalue weighted by Crippen LogP contribution is -2.17. The molecule has 1 N–H and O–H groups in total. The summed E-state index contributed by atoms with van der Waals surface area (Å²) in [5.41, 5.74) is 2.97. The third-order valence-electron chi connectivity index (χ3n) is 5.32. The number of nitrogens with zero attached hydrogens (tertiary/aromatic N) is 1. The zero-order valence-corrected chi connectivity index (χ0v) is 20.6. The highest BCUT2D eigenvalue weighted by Crippen LogP contribution is 2.24. The van der Waals surface area contributed by atoms with Gasteiger partial charge in [-0.1, -0.05) is 12.1 Å². The summed E-state index contributed by atoms with van der Waals surface area (Å²) in [6, 6.07) is 14.0. The summed E-state index contributed by atoms with van der Waals surface area (Å²) in [6.45, 7) is 4.51. The molecule has 9 heteroatoms. The van der Waals surface area contributed by atoms with Crippen molar-refractivity contribution in [2.24, 2.45) is 0 Å². The summed E-state index contributed by atoms with van der Waals surface area (Å²) in [7, 11) is 1.62. The van der Waals surface area contributed by atoms with Crippen molar-refractivity contribution in [3.8, 4) is 0 Å². The standard InChI is InChI=1S/C26H27FN2O5S/c1-17-14-22(18(2)29(17)12-13-33-3)23(30)15-34-26(32)21-6-4-5-7-24(21)35-16-25(31)28-20-10-8-19(27)9-11-20/h4-11,14H,12-13,15-16H2,1-3H3,(H,28,31). The Bertz CT molecular complexity index is 1210. The van der Waals surface area contributed by atoms with Crippen LogP contribution in [0.1, 0.15) is 32.1 Å². The first-order valence-corrected chi connectivity index (χ1v) is 11.9. The number of esters is 1. The van der Waals surface area contributed by atoms with Gasteiger partial charge in [-0.3, -0.25) is 9.59 Å². The molecule has 1 aromatic heterocycles. The Hall–Kier alpha value is -3.43. The predicted molar refractivity (Wildman–Crippen MR) is 133 cm³/mol.